The first-order valence-corrected chi connectivity index (χ1v) is 9.05. The normalized spacial score (nSPS) is 14.9. The zero-order chi connectivity index (χ0) is 18.3. The number of benzene rings is 1. The van der Waals surface area contributed by atoms with Crippen LogP contribution in [0, 0.1) is 5.82 Å². The summed E-state index contributed by atoms with van der Waals surface area (Å²) < 4.78 is 21.4. The highest BCUT2D eigenvalue weighted by Gasteiger charge is 2.27. The molecule has 1 aromatic carbocycles. The monoisotopic (exact) mass is 375 g/mol. The van der Waals surface area contributed by atoms with Gasteiger partial charge < -0.3 is 14.5 Å². The molecule has 0 radical (unpaired) electrons. The van der Waals surface area contributed by atoms with Crippen LogP contribution in [0.25, 0.3) is 10.2 Å². The summed E-state index contributed by atoms with van der Waals surface area (Å²) in [4.78, 5) is 21.0. The molecule has 1 fully saturated rings. The number of para-hydroxylation sites is 1. The molecule has 4 rings (SSSR count). The third-order valence-corrected chi connectivity index (χ3v) is 5.50. The highest BCUT2D eigenvalue weighted by atomic mass is 32.1. The Hall–Kier alpha value is -2.68. The van der Waals surface area contributed by atoms with E-state index >= 15 is 0 Å². The van der Waals surface area contributed by atoms with Gasteiger partial charge in [-0.05, 0) is 12.1 Å². The Morgan fingerprint density at radius 3 is 2.73 bits per heavy atom. The number of amides is 1. The number of ether oxygens (including phenoxy) is 1. The molecule has 0 spiro atoms. The molecule has 3 aromatic rings. The van der Waals surface area contributed by atoms with Crippen LogP contribution in [-0.2, 0) is 7.05 Å². The van der Waals surface area contributed by atoms with Gasteiger partial charge in [0.05, 0.1) is 11.8 Å². The lowest BCUT2D eigenvalue weighted by Crippen LogP contribution is -2.48. The highest BCUT2D eigenvalue weighted by Crippen LogP contribution is 2.31. The molecule has 0 saturated carbocycles. The zero-order valence-corrected chi connectivity index (χ0v) is 15.3. The lowest BCUT2D eigenvalue weighted by molar-refractivity contribution is 0.0743. The first kappa shape index (κ1) is 16.8. The van der Waals surface area contributed by atoms with Crippen molar-refractivity contribution in [2.24, 2.45) is 7.05 Å². The van der Waals surface area contributed by atoms with Gasteiger partial charge in [-0.1, -0.05) is 17.4 Å². The summed E-state index contributed by atoms with van der Waals surface area (Å²) in [6.07, 6.45) is 1.67. The van der Waals surface area contributed by atoms with E-state index in [1.165, 1.54) is 24.5 Å². The Morgan fingerprint density at radius 1 is 1.27 bits per heavy atom. The number of carbonyl (C=O) groups excluding carboxylic acids is 1. The van der Waals surface area contributed by atoms with Crippen molar-refractivity contribution in [3.05, 3.63) is 35.8 Å². The Bertz CT molecular complexity index is 961. The van der Waals surface area contributed by atoms with Crippen LogP contribution in [0.15, 0.2) is 24.4 Å². The van der Waals surface area contributed by atoms with Gasteiger partial charge in [-0.15, -0.1) is 5.10 Å². The fraction of sp³-hybridized carbons (Fsp3) is 0.353. The number of thiazole rings is 1. The van der Waals surface area contributed by atoms with Gasteiger partial charge in [0.15, 0.2) is 5.13 Å². The first-order chi connectivity index (χ1) is 12.6. The summed E-state index contributed by atoms with van der Waals surface area (Å²) in [5.41, 5.74) is 0.872. The van der Waals surface area contributed by atoms with E-state index in [0.717, 1.165) is 9.83 Å². The molecule has 3 heterocycles. The van der Waals surface area contributed by atoms with Crippen molar-refractivity contribution in [3.63, 3.8) is 0 Å². The number of fused-ring (bicyclic) bond motifs is 1. The first-order valence-electron chi connectivity index (χ1n) is 8.23. The average Bonchev–Trinajstić information content (AvgIpc) is 3.25. The summed E-state index contributed by atoms with van der Waals surface area (Å²) in [7, 11) is 3.26. The van der Waals surface area contributed by atoms with Gasteiger partial charge in [-0.25, -0.2) is 9.37 Å². The van der Waals surface area contributed by atoms with Crippen molar-refractivity contribution >= 4 is 32.6 Å². The zero-order valence-electron chi connectivity index (χ0n) is 14.5. The molecule has 1 amide bonds. The molecular formula is C17H18FN5O2S. The van der Waals surface area contributed by atoms with Crippen LogP contribution in [0.3, 0.4) is 0 Å². The molecule has 0 aliphatic carbocycles. The van der Waals surface area contributed by atoms with Gasteiger partial charge in [0.1, 0.15) is 16.9 Å². The lowest BCUT2D eigenvalue weighted by atomic mass is 10.2. The van der Waals surface area contributed by atoms with Crippen LogP contribution in [0.1, 0.15) is 10.4 Å². The largest absolute Gasteiger partial charge is 0.479 e. The molecule has 7 nitrogen and oxygen atoms in total. The molecular weight excluding hydrogens is 357 g/mol. The summed E-state index contributed by atoms with van der Waals surface area (Å²) in [6.45, 7) is 2.43. The van der Waals surface area contributed by atoms with E-state index in [9.17, 15) is 9.18 Å². The van der Waals surface area contributed by atoms with Gasteiger partial charge in [0.2, 0.25) is 5.88 Å². The molecule has 1 saturated heterocycles. The number of piperazine rings is 1. The van der Waals surface area contributed by atoms with E-state index in [2.05, 4.69) is 15.0 Å². The minimum absolute atomic E-state index is 0.0926. The second-order valence-electron chi connectivity index (χ2n) is 6.09. The Kier molecular flexibility index (Phi) is 4.23. The quantitative estimate of drug-likeness (QED) is 0.702. The maximum atomic E-state index is 13.8. The standard InChI is InChI=1S/C17H18FN5O2S/c1-21-10-11(15(20-21)25-2)16(24)22-6-8-23(9-7-22)17-19-14-12(18)4-3-5-13(14)26-17/h3-5,10H,6-9H2,1-2H3. The predicted molar refractivity (Wildman–Crippen MR) is 97.5 cm³/mol. The van der Waals surface area contributed by atoms with E-state index in [1.807, 2.05) is 6.07 Å². The van der Waals surface area contributed by atoms with Crippen LogP contribution in [0.2, 0.25) is 0 Å². The Morgan fingerprint density at radius 2 is 2.04 bits per heavy atom. The number of hydrogen-bond donors (Lipinski definition) is 0. The highest BCUT2D eigenvalue weighted by molar-refractivity contribution is 7.22. The van der Waals surface area contributed by atoms with E-state index in [-0.39, 0.29) is 11.7 Å². The third-order valence-electron chi connectivity index (χ3n) is 4.41. The maximum Gasteiger partial charge on any atom is 0.261 e. The van der Waals surface area contributed by atoms with Gasteiger partial charge in [-0.3, -0.25) is 9.48 Å². The lowest BCUT2D eigenvalue weighted by Gasteiger charge is -2.34. The molecule has 9 heteroatoms. The molecule has 136 valence electrons. The number of carbonyl (C=O) groups is 1. The van der Waals surface area contributed by atoms with Crippen molar-refractivity contribution in [3.8, 4) is 5.88 Å². The fourth-order valence-corrected chi connectivity index (χ4v) is 4.11. The number of halogens is 1. The van der Waals surface area contributed by atoms with Crippen LogP contribution >= 0.6 is 11.3 Å². The number of nitrogens with zero attached hydrogens (tertiary/aromatic N) is 5. The molecule has 0 unspecified atom stereocenters. The maximum absolute atomic E-state index is 13.8. The third kappa shape index (κ3) is 2.88. The molecule has 1 aliphatic rings. The van der Waals surface area contributed by atoms with E-state index in [0.29, 0.717) is 43.1 Å². The molecule has 1 aliphatic heterocycles. The summed E-state index contributed by atoms with van der Waals surface area (Å²) in [6, 6.07) is 4.98. The Labute approximate surface area is 153 Å². The Balaban J connectivity index is 1.48. The number of methoxy groups -OCH3 is 1. The van der Waals surface area contributed by atoms with Crippen molar-refractivity contribution < 1.29 is 13.9 Å². The molecule has 0 atom stereocenters. The summed E-state index contributed by atoms with van der Waals surface area (Å²) >= 11 is 1.47. The average molecular weight is 375 g/mol. The minimum Gasteiger partial charge on any atom is -0.479 e. The van der Waals surface area contributed by atoms with E-state index < -0.39 is 0 Å². The van der Waals surface area contributed by atoms with Crippen LogP contribution in [0.4, 0.5) is 9.52 Å². The van der Waals surface area contributed by atoms with Crippen LogP contribution in [-0.4, -0.2) is 58.9 Å². The molecule has 26 heavy (non-hydrogen) atoms. The fourth-order valence-electron chi connectivity index (χ4n) is 3.08. The van der Waals surface area contributed by atoms with Crippen molar-refractivity contribution in [1.82, 2.24) is 19.7 Å². The van der Waals surface area contributed by atoms with Crippen LogP contribution in [0.5, 0.6) is 5.88 Å². The SMILES string of the molecule is COc1nn(C)cc1C(=O)N1CCN(c2nc3c(F)cccc3s2)CC1. The second kappa shape index (κ2) is 6.56. The van der Waals surface area contributed by atoms with Crippen molar-refractivity contribution in [2.75, 3.05) is 38.2 Å². The van der Waals surface area contributed by atoms with E-state index in [4.69, 9.17) is 4.74 Å². The molecule has 2 aromatic heterocycles. The smallest absolute Gasteiger partial charge is 0.261 e. The number of anilines is 1. The number of hydrogen-bond acceptors (Lipinski definition) is 6. The molecule has 0 N–H and O–H groups in total. The van der Waals surface area contributed by atoms with Gasteiger partial charge in [-0.2, -0.15) is 0 Å². The van der Waals surface area contributed by atoms with Gasteiger partial charge in [0.25, 0.3) is 5.91 Å². The number of aryl methyl sites for hydroxylation is 1. The minimum atomic E-state index is -0.303. The summed E-state index contributed by atoms with van der Waals surface area (Å²) in [5, 5.41) is 4.92. The van der Waals surface area contributed by atoms with Gasteiger partial charge in [0, 0.05) is 39.4 Å². The molecule has 0 bridgehead atoms. The number of rotatable bonds is 3. The summed E-state index contributed by atoms with van der Waals surface area (Å²) in [5.74, 6) is -0.0611. The second-order valence-corrected chi connectivity index (χ2v) is 7.10. The van der Waals surface area contributed by atoms with Crippen molar-refractivity contribution in [1.29, 1.82) is 0 Å². The topological polar surface area (TPSA) is 63.5 Å². The van der Waals surface area contributed by atoms with Crippen molar-refractivity contribution in [2.45, 2.75) is 0 Å². The van der Waals surface area contributed by atoms with E-state index in [1.54, 1.807) is 28.9 Å². The predicted octanol–water partition coefficient (Wildman–Crippen LogP) is 2.14. The van der Waals surface area contributed by atoms with Gasteiger partial charge >= 0.3 is 0 Å². The van der Waals surface area contributed by atoms with Crippen LogP contribution < -0.4 is 9.64 Å². The number of aromatic nitrogens is 3.